The Hall–Kier alpha value is -2.47. The molecule has 0 saturated carbocycles. The van der Waals surface area contributed by atoms with E-state index in [0.29, 0.717) is 23.9 Å². The van der Waals surface area contributed by atoms with Crippen molar-refractivity contribution < 1.29 is 9.53 Å². The van der Waals surface area contributed by atoms with Crippen molar-refractivity contribution in [3.8, 4) is 11.8 Å². The highest BCUT2D eigenvalue weighted by Gasteiger charge is 2.27. The van der Waals surface area contributed by atoms with Gasteiger partial charge in [0, 0.05) is 17.6 Å². The lowest BCUT2D eigenvalue weighted by atomic mass is 9.96. The zero-order valence-corrected chi connectivity index (χ0v) is 13.7. The largest absolute Gasteiger partial charge is 0.424 e. The smallest absolute Gasteiger partial charge is 0.322 e. The summed E-state index contributed by atoms with van der Waals surface area (Å²) in [5, 5.41) is 2.82. The normalized spacial score (nSPS) is 13.2. The van der Waals surface area contributed by atoms with E-state index in [1.54, 1.807) is 43.5 Å². The van der Waals surface area contributed by atoms with Crippen molar-refractivity contribution in [2.75, 3.05) is 5.32 Å². The fraction of sp³-hybridized carbons (Fsp3) is 0.353. The molecule has 0 fully saturated rings. The van der Waals surface area contributed by atoms with Crippen molar-refractivity contribution >= 4 is 11.6 Å². The van der Waals surface area contributed by atoms with Crippen LogP contribution in [0.3, 0.4) is 0 Å². The molecule has 1 amide bonds. The highest BCUT2D eigenvalue weighted by atomic mass is 16.5. The van der Waals surface area contributed by atoms with E-state index >= 15 is 0 Å². The van der Waals surface area contributed by atoms with E-state index in [0.717, 1.165) is 12.1 Å². The second kappa shape index (κ2) is 7.19. The highest BCUT2D eigenvalue weighted by Crippen LogP contribution is 2.21. The molecule has 2 aromatic rings. The third-order valence-corrected chi connectivity index (χ3v) is 3.38. The fourth-order valence-electron chi connectivity index (χ4n) is 2.09. The predicted octanol–water partition coefficient (Wildman–Crippen LogP) is 3.03. The molecule has 0 aliphatic carbocycles. The summed E-state index contributed by atoms with van der Waals surface area (Å²) in [6.07, 6.45) is 3.12. The molecule has 23 heavy (non-hydrogen) atoms. The number of nitrogens with zero attached hydrogens (tertiary/aromatic N) is 2. The molecule has 1 heterocycles. The van der Waals surface area contributed by atoms with E-state index in [9.17, 15) is 4.79 Å². The summed E-state index contributed by atoms with van der Waals surface area (Å²) in [4.78, 5) is 20.4. The Morgan fingerprint density at radius 2 is 2.00 bits per heavy atom. The quantitative estimate of drug-likeness (QED) is 0.855. The van der Waals surface area contributed by atoms with Crippen LogP contribution in [0.5, 0.6) is 11.8 Å². The Kier molecular flexibility index (Phi) is 5.28. The zero-order chi connectivity index (χ0) is 16.9. The molecule has 0 spiro atoms. The second-order valence-corrected chi connectivity index (χ2v) is 5.73. The van der Waals surface area contributed by atoms with Gasteiger partial charge in [-0.05, 0) is 50.6 Å². The SMILES string of the molecule is CCCC(C)(N)C(=O)Nc1ccc(Oc2nccc(C)n2)cc1. The van der Waals surface area contributed by atoms with Crippen LogP contribution in [0, 0.1) is 6.92 Å². The molecular formula is C17H22N4O2. The summed E-state index contributed by atoms with van der Waals surface area (Å²) in [5.74, 6) is 0.396. The Morgan fingerprint density at radius 1 is 1.30 bits per heavy atom. The summed E-state index contributed by atoms with van der Waals surface area (Å²) < 4.78 is 5.57. The highest BCUT2D eigenvalue weighted by molar-refractivity contribution is 5.97. The van der Waals surface area contributed by atoms with Gasteiger partial charge in [0.2, 0.25) is 5.91 Å². The number of anilines is 1. The van der Waals surface area contributed by atoms with Gasteiger partial charge >= 0.3 is 6.01 Å². The summed E-state index contributed by atoms with van der Waals surface area (Å²) in [6.45, 7) is 5.60. The monoisotopic (exact) mass is 314 g/mol. The molecule has 0 bridgehead atoms. The molecule has 1 aromatic heterocycles. The maximum Gasteiger partial charge on any atom is 0.322 e. The van der Waals surface area contributed by atoms with E-state index in [-0.39, 0.29) is 5.91 Å². The van der Waals surface area contributed by atoms with E-state index in [1.807, 2.05) is 13.8 Å². The van der Waals surface area contributed by atoms with Gasteiger partial charge in [-0.25, -0.2) is 9.97 Å². The standard InChI is InChI=1S/C17H22N4O2/c1-4-10-17(3,18)15(22)21-13-5-7-14(8-6-13)23-16-19-11-9-12(2)20-16/h5-9,11H,4,10,18H2,1-3H3,(H,21,22). The van der Waals surface area contributed by atoms with Crippen molar-refractivity contribution in [2.24, 2.45) is 5.73 Å². The molecule has 2 rings (SSSR count). The van der Waals surface area contributed by atoms with Crippen LogP contribution in [0.1, 0.15) is 32.4 Å². The number of ether oxygens (including phenoxy) is 1. The fourth-order valence-corrected chi connectivity index (χ4v) is 2.09. The topological polar surface area (TPSA) is 90.1 Å². The Labute approximate surface area is 136 Å². The number of benzene rings is 1. The lowest BCUT2D eigenvalue weighted by Crippen LogP contribution is -2.48. The summed E-state index contributed by atoms with van der Waals surface area (Å²) in [7, 11) is 0. The van der Waals surface area contributed by atoms with Crippen molar-refractivity contribution in [1.82, 2.24) is 9.97 Å². The number of carbonyl (C=O) groups is 1. The van der Waals surface area contributed by atoms with Gasteiger partial charge in [0.15, 0.2) is 0 Å². The van der Waals surface area contributed by atoms with Crippen LogP contribution < -0.4 is 15.8 Å². The second-order valence-electron chi connectivity index (χ2n) is 5.73. The van der Waals surface area contributed by atoms with Crippen LogP contribution in [0.25, 0.3) is 0 Å². The molecule has 6 nitrogen and oxygen atoms in total. The summed E-state index contributed by atoms with van der Waals surface area (Å²) in [6, 6.07) is 9.09. The first-order chi connectivity index (χ1) is 10.9. The molecule has 1 unspecified atom stereocenters. The maximum absolute atomic E-state index is 12.2. The van der Waals surface area contributed by atoms with E-state index < -0.39 is 5.54 Å². The molecule has 0 saturated heterocycles. The Bertz CT molecular complexity index is 669. The summed E-state index contributed by atoms with van der Waals surface area (Å²) >= 11 is 0. The van der Waals surface area contributed by atoms with Gasteiger partial charge in [-0.1, -0.05) is 13.3 Å². The first kappa shape index (κ1) is 16.9. The molecule has 0 aliphatic heterocycles. The van der Waals surface area contributed by atoms with E-state index in [4.69, 9.17) is 10.5 Å². The van der Waals surface area contributed by atoms with Gasteiger partial charge in [0.25, 0.3) is 0 Å². The lowest BCUT2D eigenvalue weighted by Gasteiger charge is -2.22. The third kappa shape index (κ3) is 4.75. The number of nitrogens with two attached hydrogens (primary N) is 1. The number of aromatic nitrogens is 2. The van der Waals surface area contributed by atoms with Crippen LogP contribution in [0.15, 0.2) is 36.5 Å². The van der Waals surface area contributed by atoms with Gasteiger partial charge in [-0.2, -0.15) is 0 Å². The molecule has 3 N–H and O–H groups in total. The van der Waals surface area contributed by atoms with Gasteiger partial charge < -0.3 is 15.8 Å². The third-order valence-electron chi connectivity index (χ3n) is 3.38. The van der Waals surface area contributed by atoms with E-state index in [1.165, 1.54) is 0 Å². The molecule has 1 aromatic carbocycles. The molecule has 0 radical (unpaired) electrons. The first-order valence-electron chi connectivity index (χ1n) is 7.58. The lowest BCUT2D eigenvalue weighted by molar-refractivity contribution is -0.120. The average Bonchev–Trinajstić information content (AvgIpc) is 2.49. The maximum atomic E-state index is 12.2. The van der Waals surface area contributed by atoms with Gasteiger partial charge in [0.1, 0.15) is 5.75 Å². The molecule has 6 heteroatoms. The van der Waals surface area contributed by atoms with Crippen molar-refractivity contribution in [2.45, 2.75) is 39.2 Å². The molecular weight excluding hydrogens is 292 g/mol. The molecule has 122 valence electrons. The van der Waals surface area contributed by atoms with Crippen molar-refractivity contribution in [1.29, 1.82) is 0 Å². The van der Waals surface area contributed by atoms with Crippen molar-refractivity contribution in [3.63, 3.8) is 0 Å². The van der Waals surface area contributed by atoms with Crippen LogP contribution >= 0.6 is 0 Å². The van der Waals surface area contributed by atoms with Crippen LogP contribution in [-0.2, 0) is 4.79 Å². The summed E-state index contributed by atoms with van der Waals surface area (Å²) in [5.41, 5.74) is 6.63. The molecule has 0 aliphatic rings. The number of nitrogens with one attached hydrogen (secondary N) is 1. The Balaban J connectivity index is 2.01. The van der Waals surface area contributed by atoms with Gasteiger partial charge in [0.05, 0.1) is 5.54 Å². The van der Waals surface area contributed by atoms with E-state index in [2.05, 4.69) is 15.3 Å². The number of amides is 1. The van der Waals surface area contributed by atoms with Crippen LogP contribution in [0.4, 0.5) is 5.69 Å². The molecule has 1 atom stereocenters. The predicted molar refractivity (Wildman–Crippen MR) is 89.4 cm³/mol. The minimum atomic E-state index is -0.876. The first-order valence-corrected chi connectivity index (χ1v) is 7.58. The number of carbonyl (C=O) groups excluding carboxylic acids is 1. The van der Waals surface area contributed by atoms with Gasteiger partial charge in [-0.15, -0.1) is 0 Å². The number of aryl methyl sites for hydroxylation is 1. The average molecular weight is 314 g/mol. The minimum absolute atomic E-state index is 0.199. The van der Waals surface area contributed by atoms with Crippen LogP contribution in [-0.4, -0.2) is 21.4 Å². The zero-order valence-electron chi connectivity index (χ0n) is 13.7. The van der Waals surface area contributed by atoms with Gasteiger partial charge in [-0.3, -0.25) is 4.79 Å². The number of hydrogen-bond donors (Lipinski definition) is 2. The minimum Gasteiger partial charge on any atom is -0.424 e. The van der Waals surface area contributed by atoms with Crippen LogP contribution in [0.2, 0.25) is 0 Å². The Morgan fingerprint density at radius 3 is 2.61 bits per heavy atom. The number of rotatable bonds is 6. The number of hydrogen-bond acceptors (Lipinski definition) is 5. The van der Waals surface area contributed by atoms with Crippen molar-refractivity contribution in [3.05, 3.63) is 42.2 Å².